The summed E-state index contributed by atoms with van der Waals surface area (Å²) < 4.78 is 39.4. The van der Waals surface area contributed by atoms with E-state index in [1.807, 2.05) is 0 Å². The average Bonchev–Trinajstić information content (AvgIpc) is 3.52. The summed E-state index contributed by atoms with van der Waals surface area (Å²) in [6.07, 6.45) is 26.5. The summed E-state index contributed by atoms with van der Waals surface area (Å²) >= 11 is 0. The van der Waals surface area contributed by atoms with E-state index in [1.165, 1.54) is 56.9 Å². The lowest BCUT2D eigenvalue weighted by Gasteiger charge is -2.58. The quantitative estimate of drug-likeness (QED) is 0.0788. The Morgan fingerprint density at radius 1 is 0.551 bits per heavy atom. The third-order valence-corrected chi connectivity index (χ3v) is 25.5. The van der Waals surface area contributed by atoms with Crippen LogP contribution in [0.15, 0.2) is 23.3 Å². The van der Waals surface area contributed by atoms with Gasteiger partial charge in [0.2, 0.25) is 0 Å². The Labute approximate surface area is 469 Å². The summed E-state index contributed by atoms with van der Waals surface area (Å²) in [5.74, 6) is 6.97. The van der Waals surface area contributed by atoms with E-state index in [1.54, 1.807) is 5.57 Å². The van der Waals surface area contributed by atoms with Gasteiger partial charge in [0.1, 0.15) is 12.2 Å². The summed E-state index contributed by atoms with van der Waals surface area (Å²) in [5, 5.41) is 16.3. The lowest BCUT2D eigenvalue weighted by molar-refractivity contribution is -0.275. The van der Waals surface area contributed by atoms with E-state index >= 15 is 0 Å². The summed E-state index contributed by atoms with van der Waals surface area (Å²) in [6.45, 7) is 27.2. The summed E-state index contributed by atoms with van der Waals surface area (Å²) in [4.78, 5) is 25.9. The van der Waals surface area contributed by atoms with Crippen molar-refractivity contribution in [3.8, 4) is 0 Å². The smallest absolute Gasteiger partial charge is 0.407 e. The van der Waals surface area contributed by atoms with Crippen LogP contribution in [0.2, 0.25) is 0 Å². The molecule has 6 saturated carbocycles. The molecule has 8 aliphatic carbocycles. The van der Waals surface area contributed by atoms with Crippen molar-refractivity contribution in [2.24, 2.45) is 92.7 Å². The predicted octanol–water partition coefficient (Wildman–Crippen LogP) is 11.1. The van der Waals surface area contributed by atoms with E-state index in [4.69, 9.17) is 28.4 Å². The van der Waals surface area contributed by atoms with E-state index in [0.29, 0.717) is 120 Å². The van der Waals surface area contributed by atoms with E-state index in [2.05, 4.69) is 94.1 Å². The van der Waals surface area contributed by atoms with Gasteiger partial charge in [0, 0.05) is 89.9 Å². The number of nitrogens with one attached hydrogen (secondary N) is 5. The van der Waals surface area contributed by atoms with E-state index in [-0.39, 0.29) is 46.8 Å². The molecule has 2 spiro atoms. The van der Waals surface area contributed by atoms with Crippen LogP contribution >= 0.6 is 0 Å². The van der Waals surface area contributed by atoms with Crippen molar-refractivity contribution in [2.45, 2.75) is 213 Å². The molecule has 4 aliphatic heterocycles. The second-order valence-electron chi connectivity index (χ2n) is 29.4. The largest absolute Gasteiger partial charge is 0.446 e. The standard InChI is InChI=1S/C65H105N5O8/c1-9-49-57-55(78-65(49)25-15-41(3)39-74-65)37-53-48-13-11-44-35-46(17-21-61(44,6)51(48)19-23-63(53,57)8)76-59(72)70-33-31-68-29-27-66-26-28-67-30-32-69-58(71)75-45-16-20-60(5)43(34-45)10-12-47-50(60)18-22-62(7)52(47)36-54-56(62)42(4)64(77-54)24-14-40(2)38-73-64/h10-11,40-42,45-57,66-68H,9,12-39H2,1-8H3,(H,69,71)(H,70,72)/t40-,41-,42-,45-,46-,47+,48+,49-,50-,51-,52-,53-,54-,55-,56?,57?,60-,61-,62-,63-,64-,65-/m0/s1. The van der Waals surface area contributed by atoms with Crippen molar-refractivity contribution in [3.63, 3.8) is 0 Å². The number of amides is 2. The molecule has 12 rings (SSSR count). The number of carbonyl (C=O) groups excluding carboxylic acids is 2. The first-order valence-electron chi connectivity index (χ1n) is 32.6. The van der Waals surface area contributed by atoms with Crippen LogP contribution in [0, 0.1) is 92.7 Å². The van der Waals surface area contributed by atoms with E-state index in [9.17, 15) is 9.59 Å². The number of ether oxygens (including phenoxy) is 6. The van der Waals surface area contributed by atoms with Gasteiger partial charge < -0.3 is 55.0 Å². The molecular formula is C65H105N5O8. The third kappa shape index (κ3) is 9.78. The van der Waals surface area contributed by atoms with Crippen LogP contribution in [-0.2, 0) is 28.4 Å². The van der Waals surface area contributed by atoms with Gasteiger partial charge >= 0.3 is 12.2 Å². The van der Waals surface area contributed by atoms with Gasteiger partial charge in [-0.25, -0.2) is 9.59 Å². The highest BCUT2D eigenvalue weighted by atomic mass is 16.7. The van der Waals surface area contributed by atoms with Crippen LogP contribution in [0.25, 0.3) is 0 Å². The van der Waals surface area contributed by atoms with Crippen molar-refractivity contribution in [1.82, 2.24) is 26.6 Å². The molecule has 0 radical (unpaired) electrons. The van der Waals surface area contributed by atoms with Gasteiger partial charge in [-0.2, -0.15) is 0 Å². The maximum atomic E-state index is 13.0. The third-order valence-electron chi connectivity index (χ3n) is 25.5. The highest BCUT2D eigenvalue weighted by Crippen LogP contribution is 2.73. The van der Waals surface area contributed by atoms with Crippen LogP contribution < -0.4 is 26.6 Å². The van der Waals surface area contributed by atoms with Crippen LogP contribution in [0.1, 0.15) is 177 Å². The highest BCUT2D eigenvalue weighted by molar-refractivity contribution is 5.67. The molecule has 4 heterocycles. The van der Waals surface area contributed by atoms with Gasteiger partial charge in [0.25, 0.3) is 0 Å². The Balaban J connectivity index is 0.492. The molecule has 0 aromatic heterocycles. The first kappa shape index (κ1) is 56.2. The number of hydrogen-bond acceptors (Lipinski definition) is 11. The molecule has 10 fully saturated rings. The van der Waals surface area contributed by atoms with Gasteiger partial charge in [-0.15, -0.1) is 0 Å². The molecular weight excluding hydrogens is 979 g/mol. The molecule has 22 atom stereocenters. The predicted molar refractivity (Wildman–Crippen MR) is 303 cm³/mol. The molecule has 4 saturated heterocycles. The Morgan fingerprint density at radius 3 is 1.47 bits per heavy atom. The fourth-order valence-corrected chi connectivity index (χ4v) is 21.4. The molecule has 12 aliphatic rings. The van der Waals surface area contributed by atoms with Gasteiger partial charge in [0.05, 0.1) is 25.4 Å². The molecule has 13 heteroatoms. The van der Waals surface area contributed by atoms with E-state index < -0.39 is 0 Å². The molecule has 5 N–H and O–H groups in total. The van der Waals surface area contributed by atoms with Crippen molar-refractivity contribution in [3.05, 3.63) is 23.3 Å². The Bertz CT molecular complexity index is 2230. The maximum absolute atomic E-state index is 13.0. The average molecular weight is 1080 g/mol. The minimum absolute atomic E-state index is 0.0522. The highest BCUT2D eigenvalue weighted by Gasteiger charge is 2.71. The summed E-state index contributed by atoms with van der Waals surface area (Å²) in [6, 6.07) is 0. The van der Waals surface area contributed by atoms with Crippen molar-refractivity contribution < 1.29 is 38.0 Å². The van der Waals surface area contributed by atoms with Gasteiger partial charge in [-0.3, -0.25) is 0 Å². The van der Waals surface area contributed by atoms with Crippen LogP contribution in [-0.4, -0.2) is 114 Å². The second-order valence-corrected chi connectivity index (χ2v) is 29.4. The molecule has 438 valence electrons. The lowest BCUT2D eigenvalue weighted by atomic mass is 9.46. The Kier molecular flexibility index (Phi) is 15.9. The van der Waals surface area contributed by atoms with Crippen molar-refractivity contribution in [1.29, 1.82) is 0 Å². The molecule has 2 amide bonds. The van der Waals surface area contributed by atoms with Gasteiger partial charge in [0.15, 0.2) is 11.6 Å². The number of fused-ring (bicyclic) bond motifs is 14. The fraction of sp³-hybridized carbons (Fsp3) is 0.908. The monoisotopic (exact) mass is 1080 g/mol. The molecule has 2 unspecified atom stereocenters. The first-order chi connectivity index (χ1) is 37.5. The van der Waals surface area contributed by atoms with Gasteiger partial charge in [-0.1, -0.05) is 78.7 Å². The minimum atomic E-state index is -0.352. The molecule has 0 aromatic rings. The normalized spacial score (nSPS) is 48.7. The van der Waals surface area contributed by atoms with Gasteiger partial charge in [-0.05, 0) is 177 Å². The van der Waals surface area contributed by atoms with Crippen LogP contribution in [0.4, 0.5) is 9.59 Å². The second kappa shape index (κ2) is 22.1. The summed E-state index contributed by atoms with van der Waals surface area (Å²) in [7, 11) is 0. The number of allylic oxidation sites excluding steroid dienone is 2. The molecule has 13 nitrogen and oxygen atoms in total. The number of carbonyl (C=O) groups is 2. The number of alkyl carbamates (subject to hydrolysis) is 2. The molecule has 0 aromatic carbocycles. The zero-order valence-corrected chi connectivity index (χ0v) is 49.7. The van der Waals surface area contributed by atoms with Crippen LogP contribution in [0.5, 0.6) is 0 Å². The maximum Gasteiger partial charge on any atom is 0.407 e. The van der Waals surface area contributed by atoms with Crippen molar-refractivity contribution >= 4 is 12.2 Å². The van der Waals surface area contributed by atoms with Crippen LogP contribution in [0.3, 0.4) is 0 Å². The Hall–Kier alpha value is -2.26. The SMILES string of the molecule is CC[C@H]1C2[C@H](C[C@H]3[C@@H]4CC=C5C[C@@H](OC(=O)NCCNCCNCCNCCNC(=O)O[C@H]6CC[C@@]7(C)C(=CC[C@@H]8[C@@H]7CC[C@]7(C)C9[C@H](C[C@@H]87)O[C@@]7(CC[C@H](C)CO7)[C@H]9C)C6)CC[C@]5(C)[C@H]4CC[C@]23C)O[C@@]12CC[C@H](C)CO2. The zero-order chi connectivity index (χ0) is 54.2. The summed E-state index contributed by atoms with van der Waals surface area (Å²) in [5.41, 5.74) is 4.12. The molecule has 0 bridgehead atoms. The fourth-order valence-electron chi connectivity index (χ4n) is 21.4. The topological polar surface area (TPSA) is 150 Å². The first-order valence-corrected chi connectivity index (χ1v) is 32.6. The number of hydrogen-bond donors (Lipinski definition) is 5. The lowest BCUT2D eigenvalue weighted by Crippen LogP contribution is -2.53. The zero-order valence-electron chi connectivity index (χ0n) is 49.7. The molecule has 78 heavy (non-hydrogen) atoms. The Morgan fingerprint density at radius 2 is 1.00 bits per heavy atom. The minimum Gasteiger partial charge on any atom is -0.446 e. The van der Waals surface area contributed by atoms with E-state index in [0.717, 1.165) is 110 Å². The van der Waals surface area contributed by atoms with Crippen molar-refractivity contribution in [2.75, 3.05) is 65.6 Å². The number of rotatable bonds is 15.